The third-order valence-corrected chi connectivity index (χ3v) is 5.67. The van der Waals surface area contributed by atoms with Crippen molar-refractivity contribution < 1.29 is 22.0 Å². The first-order valence-electron chi connectivity index (χ1n) is 8.04. The largest absolute Gasteiger partial charge is 0.324 e. The molecule has 9 heteroatoms. The molecule has 0 bridgehead atoms. The first-order chi connectivity index (χ1) is 12.5. The molecule has 0 aliphatic heterocycles. The lowest BCUT2D eigenvalue weighted by Crippen LogP contribution is -2.44. The summed E-state index contributed by atoms with van der Waals surface area (Å²) in [5.74, 6) is -2.84. The molecular weight excluding hydrogens is 376 g/mol. The highest BCUT2D eigenvalue weighted by Gasteiger charge is 2.28. The number of rotatable bonds is 6. The molecule has 0 spiro atoms. The van der Waals surface area contributed by atoms with Gasteiger partial charge in [-0.3, -0.25) is 4.79 Å². The Kier molecular flexibility index (Phi) is 6.17. The van der Waals surface area contributed by atoms with Crippen LogP contribution in [0.25, 0.3) is 0 Å². The van der Waals surface area contributed by atoms with Gasteiger partial charge in [0.2, 0.25) is 5.91 Å². The Balaban J connectivity index is 2.35. The van der Waals surface area contributed by atoms with Gasteiger partial charge in [-0.1, -0.05) is 12.1 Å². The van der Waals surface area contributed by atoms with Gasteiger partial charge in [0, 0.05) is 25.8 Å². The average molecular weight is 397 g/mol. The fourth-order valence-corrected chi connectivity index (χ4v) is 3.50. The molecule has 0 atom stereocenters. The highest BCUT2D eigenvalue weighted by Crippen LogP contribution is 2.25. The first-order valence-corrected chi connectivity index (χ1v) is 9.44. The molecule has 2 aromatic rings. The van der Waals surface area contributed by atoms with Gasteiger partial charge in [-0.2, -0.15) is 12.7 Å². The van der Waals surface area contributed by atoms with Crippen molar-refractivity contribution >= 4 is 27.5 Å². The van der Waals surface area contributed by atoms with Gasteiger partial charge in [-0.15, -0.1) is 0 Å². The van der Waals surface area contributed by atoms with Crippen LogP contribution in [0.4, 0.5) is 20.2 Å². The fraction of sp³-hybridized carbons (Fsp3) is 0.278. The standard InChI is InChI=1S/C18H21F2N3O3S/c1-12-5-6-13(2)17(9-12)23(27(25,26)22(3)4)11-18(24)21-14-7-8-15(19)16(20)10-14/h5-10H,11H2,1-4H3,(H,21,24). The van der Waals surface area contributed by atoms with Crippen molar-refractivity contribution in [2.75, 3.05) is 30.3 Å². The molecule has 2 aromatic carbocycles. The molecule has 0 aromatic heterocycles. The van der Waals surface area contributed by atoms with E-state index in [0.29, 0.717) is 11.3 Å². The smallest absolute Gasteiger partial charge is 0.304 e. The summed E-state index contributed by atoms with van der Waals surface area (Å²) in [6.07, 6.45) is 0. The monoisotopic (exact) mass is 397 g/mol. The SMILES string of the molecule is Cc1ccc(C)c(N(CC(=O)Nc2ccc(F)c(F)c2)S(=O)(=O)N(C)C)c1. The molecule has 0 aliphatic carbocycles. The zero-order valence-electron chi connectivity index (χ0n) is 15.5. The lowest BCUT2D eigenvalue weighted by Gasteiger charge is -2.28. The Morgan fingerprint density at radius 1 is 1.04 bits per heavy atom. The predicted octanol–water partition coefficient (Wildman–Crippen LogP) is 2.83. The number of nitrogens with one attached hydrogen (secondary N) is 1. The normalized spacial score (nSPS) is 11.5. The third-order valence-electron chi connectivity index (χ3n) is 3.86. The molecule has 1 N–H and O–H groups in total. The van der Waals surface area contributed by atoms with E-state index < -0.39 is 34.3 Å². The summed E-state index contributed by atoms with van der Waals surface area (Å²) >= 11 is 0. The lowest BCUT2D eigenvalue weighted by atomic mass is 10.1. The van der Waals surface area contributed by atoms with E-state index in [4.69, 9.17) is 0 Å². The van der Waals surface area contributed by atoms with Crippen molar-refractivity contribution in [1.29, 1.82) is 0 Å². The third kappa shape index (κ3) is 4.81. The number of halogens is 2. The van der Waals surface area contributed by atoms with Crippen LogP contribution in [0.1, 0.15) is 11.1 Å². The second kappa shape index (κ2) is 8.01. The van der Waals surface area contributed by atoms with Gasteiger partial charge in [-0.05, 0) is 43.2 Å². The van der Waals surface area contributed by atoms with Gasteiger partial charge in [0.15, 0.2) is 11.6 Å². The predicted molar refractivity (Wildman–Crippen MR) is 101 cm³/mol. The maximum absolute atomic E-state index is 13.3. The second-order valence-corrected chi connectivity index (χ2v) is 8.33. The minimum atomic E-state index is -3.96. The number of amides is 1. The van der Waals surface area contributed by atoms with Crippen LogP contribution in [0.3, 0.4) is 0 Å². The van der Waals surface area contributed by atoms with Crippen molar-refractivity contribution in [1.82, 2.24) is 4.31 Å². The second-order valence-electron chi connectivity index (χ2n) is 6.26. The molecule has 2 rings (SSSR count). The molecule has 0 radical (unpaired) electrons. The minimum absolute atomic E-state index is 0.0297. The Morgan fingerprint density at radius 3 is 2.30 bits per heavy atom. The van der Waals surface area contributed by atoms with Crippen molar-refractivity contribution in [3.63, 3.8) is 0 Å². The van der Waals surface area contributed by atoms with E-state index >= 15 is 0 Å². The maximum Gasteiger partial charge on any atom is 0.304 e. The van der Waals surface area contributed by atoms with E-state index in [-0.39, 0.29) is 5.69 Å². The topological polar surface area (TPSA) is 69.7 Å². The Bertz CT molecular complexity index is 962. The molecule has 0 saturated carbocycles. The van der Waals surface area contributed by atoms with E-state index in [1.807, 2.05) is 13.0 Å². The van der Waals surface area contributed by atoms with E-state index in [0.717, 1.165) is 26.3 Å². The molecule has 0 fully saturated rings. The van der Waals surface area contributed by atoms with Gasteiger partial charge in [-0.25, -0.2) is 13.1 Å². The fourth-order valence-electron chi connectivity index (χ4n) is 2.38. The van der Waals surface area contributed by atoms with Gasteiger partial charge in [0.05, 0.1) is 5.69 Å². The molecule has 0 unspecified atom stereocenters. The van der Waals surface area contributed by atoms with Gasteiger partial charge in [0.25, 0.3) is 0 Å². The van der Waals surface area contributed by atoms with E-state index in [9.17, 15) is 22.0 Å². The number of hydrogen-bond donors (Lipinski definition) is 1. The Hall–Kier alpha value is -2.52. The van der Waals surface area contributed by atoms with Crippen LogP contribution < -0.4 is 9.62 Å². The van der Waals surface area contributed by atoms with Crippen LogP contribution >= 0.6 is 0 Å². The summed E-state index contributed by atoms with van der Waals surface area (Å²) in [5.41, 5.74) is 1.90. The molecule has 6 nitrogen and oxygen atoms in total. The summed E-state index contributed by atoms with van der Waals surface area (Å²) < 4.78 is 53.8. The van der Waals surface area contributed by atoms with Crippen LogP contribution in [-0.2, 0) is 15.0 Å². The van der Waals surface area contributed by atoms with E-state index in [1.54, 1.807) is 19.1 Å². The number of carbonyl (C=O) groups excluding carboxylic acids is 1. The van der Waals surface area contributed by atoms with Crippen LogP contribution in [0.5, 0.6) is 0 Å². The highest BCUT2D eigenvalue weighted by atomic mass is 32.2. The number of hydrogen-bond acceptors (Lipinski definition) is 3. The molecule has 1 amide bonds. The van der Waals surface area contributed by atoms with Crippen molar-refractivity contribution in [2.45, 2.75) is 13.8 Å². The number of carbonyl (C=O) groups is 1. The van der Waals surface area contributed by atoms with Crippen molar-refractivity contribution in [2.24, 2.45) is 0 Å². The molecule has 146 valence electrons. The highest BCUT2D eigenvalue weighted by molar-refractivity contribution is 7.90. The first kappa shape index (κ1) is 20.8. The van der Waals surface area contributed by atoms with E-state index in [1.165, 1.54) is 20.2 Å². The molecule has 27 heavy (non-hydrogen) atoms. The van der Waals surface area contributed by atoms with Gasteiger partial charge in [0.1, 0.15) is 6.54 Å². The summed E-state index contributed by atoms with van der Waals surface area (Å²) in [4.78, 5) is 12.4. The molecule has 0 heterocycles. The number of nitrogens with zero attached hydrogens (tertiary/aromatic N) is 2. The molecule has 0 aliphatic rings. The minimum Gasteiger partial charge on any atom is -0.324 e. The number of anilines is 2. The summed E-state index contributed by atoms with van der Waals surface area (Å²) in [5, 5.41) is 2.39. The summed E-state index contributed by atoms with van der Waals surface area (Å²) in [7, 11) is -1.24. The molecular formula is C18H21F2N3O3S. The maximum atomic E-state index is 13.3. The zero-order chi connectivity index (χ0) is 20.4. The van der Waals surface area contributed by atoms with Crippen molar-refractivity contribution in [3.8, 4) is 0 Å². The number of benzene rings is 2. The Morgan fingerprint density at radius 2 is 1.70 bits per heavy atom. The lowest BCUT2D eigenvalue weighted by molar-refractivity contribution is -0.114. The van der Waals surface area contributed by atoms with E-state index in [2.05, 4.69) is 5.32 Å². The van der Waals surface area contributed by atoms with Gasteiger partial charge >= 0.3 is 10.2 Å². The average Bonchev–Trinajstić information content (AvgIpc) is 2.58. The molecule has 0 saturated heterocycles. The summed E-state index contributed by atoms with van der Waals surface area (Å²) in [6.45, 7) is 3.02. The van der Waals surface area contributed by atoms with Crippen LogP contribution in [0.2, 0.25) is 0 Å². The quantitative estimate of drug-likeness (QED) is 0.815. The van der Waals surface area contributed by atoms with Crippen LogP contribution in [0, 0.1) is 25.5 Å². The van der Waals surface area contributed by atoms with Crippen molar-refractivity contribution in [3.05, 3.63) is 59.2 Å². The van der Waals surface area contributed by atoms with Crippen LogP contribution in [-0.4, -0.2) is 39.3 Å². The zero-order valence-corrected chi connectivity index (χ0v) is 16.3. The number of aryl methyl sites for hydroxylation is 2. The Labute approximate surface area is 157 Å². The van der Waals surface area contributed by atoms with Gasteiger partial charge < -0.3 is 5.32 Å². The summed E-state index contributed by atoms with van der Waals surface area (Å²) in [6, 6.07) is 8.16. The van der Waals surface area contributed by atoms with Crippen LogP contribution in [0.15, 0.2) is 36.4 Å².